The fourth-order valence-electron chi connectivity index (χ4n) is 12.4. The number of hydrogen-bond acceptors (Lipinski definition) is 4. The van der Waals surface area contributed by atoms with Gasteiger partial charge in [0, 0.05) is 20.9 Å². The molecule has 0 spiro atoms. The summed E-state index contributed by atoms with van der Waals surface area (Å²) in [6.07, 6.45) is 37.9. The summed E-state index contributed by atoms with van der Waals surface area (Å²) in [6.45, 7) is 32.6. The molecule has 5 aromatic heterocycles. The van der Waals surface area contributed by atoms with E-state index in [0.29, 0.717) is 0 Å². The minimum Gasteiger partial charge on any atom is -0.657 e. The molecule has 0 amide bonds. The second-order valence-electron chi connectivity index (χ2n) is 29.5. The molecule has 0 fully saturated rings. The summed E-state index contributed by atoms with van der Waals surface area (Å²) in [5.74, 6) is 0. The van der Waals surface area contributed by atoms with Crippen LogP contribution in [-0.2, 0) is 54.0 Å². The van der Waals surface area contributed by atoms with Gasteiger partial charge in [0.25, 0.3) is 0 Å². The third-order valence-electron chi connectivity index (χ3n) is 18.0. The van der Waals surface area contributed by atoms with Crippen LogP contribution in [0.25, 0.3) is 89.5 Å². The molecule has 4 nitrogen and oxygen atoms in total. The molecule has 8 bridgehead atoms. The van der Waals surface area contributed by atoms with Crippen LogP contribution >= 0.6 is 22.7 Å². The number of thiophene rings is 2. The zero-order valence-corrected chi connectivity index (χ0v) is 60.9. The van der Waals surface area contributed by atoms with Crippen LogP contribution in [-0.4, -0.2) is 9.97 Å². The molecule has 7 heterocycles. The fraction of sp³-hybridized carbons (Fsp3) is 0.500. The van der Waals surface area contributed by atoms with Gasteiger partial charge in [-0.15, -0.1) is 44.7 Å². The second kappa shape index (κ2) is 30.3. The summed E-state index contributed by atoms with van der Waals surface area (Å²) >= 11 is 3.67. The van der Waals surface area contributed by atoms with Crippen molar-refractivity contribution in [2.75, 3.05) is 0 Å². The summed E-state index contributed by atoms with van der Waals surface area (Å²) in [6, 6.07) is 28.4. The summed E-state index contributed by atoms with van der Waals surface area (Å²) < 4.78 is 0. The van der Waals surface area contributed by atoms with Crippen molar-refractivity contribution in [3.8, 4) is 43.1 Å². The molecule has 0 atom stereocenters. The SMILES string of the molecule is CCCCCCCCCCCCc1csc(-c2c3nc(c(-c4cc(C(C)(C)C)cc(C(C)(C)C)c4)c4ccc([n-]4)c(-c4cc(CCCCCCCCCCCC)cs4)c4nc(c(-c5cc(C(C)(C)C)cc(C(C)(C)C)c5)c5ccc2[n-]5)C=C4)C=C3)c1.[Zn+2]. The summed E-state index contributed by atoms with van der Waals surface area (Å²) in [7, 11) is 0. The van der Waals surface area contributed by atoms with Gasteiger partial charge in [0.05, 0.1) is 22.8 Å². The van der Waals surface area contributed by atoms with Crippen molar-refractivity contribution < 1.29 is 19.5 Å². The van der Waals surface area contributed by atoms with Crippen LogP contribution in [0.3, 0.4) is 0 Å². The van der Waals surface area contributed by atoms with E-state index in [-0.39, 0.29) is 41.1 Å². The van der Waals surface area contributed by atoms with E-state index in [9.17, 15) is 0 Å². The van der Waals surface area contributed by atoms with Crippen molar-refractivity contribution in [2.24, 2.45) is 0 Å². The number of unbranched alkanes of at least 4 members (excludes halogenated alkanes) is 18. The van der Waals surface area contributed by atoms with Crippen molar-refractivity contribution in [1.82, 2.24) is 19.9 Å². The van der Waals surface area contributed by atoms with Gasteiger partial charge in [-0.3, -0.25) is 0 Å². The molecule has 0 N–H and O–H groups in total. The second-order valence-corrected chi connectivity index (χ2v) is 31.3. The van der Waals surface area contributed by atoms with Gasteiger partial charge < -0.3 is 9.97 Å². The molecule has 2 aliphatic heterocycles. The van der Waals surface area contributed by atoms with Crippen LogP contribution in [0.15, 0.2) is 83.6 Å². The first kappa shape index (κ1) is 68.0. The molecule has 0 radical (unpaired) electrons. The Hall–Kier alpha value is -4.94. The zero-order valence-electron chi connectivity index (χ0n) is 56.3. The van der Waals surface area contributed by atoms with Gasteiger partial charge in [-0.25, -0.2) is 9.97 Å². The van der Waals surface area contributed by atoms with Crippen LogP contribution < -0.4 is 9.97 Å². The molecule has 7 aromatic rings. The van der Waals surface area contributed by atoms with Crippen molar-refractivity contribution in [2.45, 2.75) is 260 Å². The first-order chi connectivity index (χ1) is 41.1. The van der Waals surface area contributed by atoms with Gasteiger partial charge in [0.1, 0.15) is 0 Å². The molecule has 9 rings (SSSR count). The van der Waals surface area contributed by atoms with Crippen molar-refractivity contribution in [1.29, 1.82) is 0 Å². The topological polar surface area (TPSA) is 54.0 Å². The quantitative estimate of drug-likeness (QED) is 0.0400. The van der Waals surface area contributed by atoms with E-state index in [0.717, 1.165) is 91.1 Å². The average Bonchev–Trinajstić information content (AvgIpc) is 1.96. The molecule has 87 heavy (non-hydrogen) atoms. The molecular weight excluding hydrogens is 1150 g/mol. The number of rotatable bonds is 26. The number of benzene rings is 2. The number of fused-ring (bicyclic) bond motifs is 8. The van der Waals surface area contributed by atoms with E-state index in [1.165, 1.54) is 172 Å². The maximum atomic E-state index is 5.78. The Bertz CT molecular complexity index is 3330. The molecule has 2 aromatic carbocycles. The van der Waals surface area contributed by atoms with Gasteiger partial charge in [0.15, 0.2) is 0 Å². The molecule has 0 saturated carbocycles. The van der Waals surface area contributed by atoms with Crippen LogP contribution in [0, 0.1) is 0 Å². The zero-order chi connectivity index (χ0) is 61.2. The van der Waals surface area contributed by atoms with Crippen molar-refractivity contribution in [3.63, 3.8) is 0 Å². The Labute approximate surface area is 547 Å². The van der Waals surface area contributed by atoms with E-state index in [1.807, 2.05) is 22.7 Å². The Morgan fingerprint density at radius 1 is 0.333 bits per heavy atom. The predicted molar refractivity (Wildman–Crippen MR) is 380 cm³/mol. The average molecular weight is 1250 g/mol. The van der Waals surface area contributed by atoms with E-state index in [1.54, 1.807) is 0 Å². The van der Waals surface area contributed by atoms with Gasteiger partial charge >= 0.3 is 19.5 Å². The Morgan fingerprint density at radius 3 is 0.885 bits per heavy atom. The standard InChI is InChI=1S/C80H104N4S2.Zn/c1-15-17-19-21-23-25-27-29-31-33-35-55-45-71(85-53-55)75-67-41-37-63(81-67)73(57-47-59(77(3,4)5)51-60(48-57)78(6,7)8)65-39-43-69(83-65)76(72-46-56(54-86-72)36-34-32-30-28-26-24-22-20-18-16-2)70-44-40-66(84-70)74(64-38-42-68(75)82-64)58-49-61(79(9,10)11)52-62(50-58)80(12,13)14;/h37-54H,15-36H2,1-14H3;/q-2;+2. The Morgan fingerprint density at radius 2 is 0.598 bits per heavy atom. The van der Waals surface area contributed by atoms with Crippen LogP contribution in [0.4, 0.5) is 0 Å². The van der Waals surface area contributed by atoms with E-state index < -0.39 is 0 Å². The smallest absolute Gasteiger partial charge is 0.657 e. The minimum absolute atomic E-state index is 0. The molecule has 0 unspecified atom stereocenters. The fourth-order valence-corrected chi connectivity index (χ4v) is 14.4. The third kappa shape index (κ3) is 17.7. The van der Waals surface area contributed by atoms with Gasteiger partial charge in [-0.1, -0.05) is 273 Å². The monoisotopic (exact) mass is 1250 g/mol. The summed E-state index contributed by atoms with van der Waals surface area (Å²) in [5.41, 5.74) is 21.6. The maximum Gasteiger partial charge on any atom is 2.00 e. The molecule has 2 aliphatic rings. The number of aryl methyl sites for hydroxylation is 2. The predicted octanol–water partition coefficient (Wildman–Crippen LogP) is 24.8. The van der Waals surface area contributed by atoms with Gasteiger partial charge in [-0.05, 0) is 150 Å². The molecular formula is C80H104N4S2Zn. The van der Waals surface area contributed by atoms with Crippen LogP contribution in [0.2, 0.25) is 0 Å². The minimum atomic E-state index is -0.0813. The Kier molecular flexibility index (Phi) is 23.6. The van der Waals surface area contributed by atoms with Crippen molar-refractivity contribution >= 4 is 69.0 Å². The number of aromatic nitrogens is 4. The molecule has 458 valence electrons. The van der Waals surface area contributed by atoms with E-state index >= 15 is 0 Å². The largest absolute Gasteiger partial charge is 2.00 e. The van der Waals surface area contributed by atoms with Crippen LogP contribution in [0.5, 0.6) is 0 Å². The first-order valence-electron chi connectivity index (χ1n) is 33.6. The molecule has 0 aliphatic carbocycles. The summed E-state index contributed by atoms with van der Waals surface area (Å²) in [4.78, 5) is 25.5. The van der Waals surface area contributed by atoms with Gasteiger partial charge in [0.2, 0.25) is 0 Å². The van der Waals surface area contributed by atoms with Gasteiger partial charge in [-0.2, -0.15) is 0 Å². The maximum absolute atomic E-state index is 5.78. The molecule has 7 heteroatoms. The number of nitrogens with zero attached hydrogens (tertiary/aromatic N) is 4. The Balaban J connectivity index is 0.00000982. The normalized spacial score (nSPS) is 12.9. The number of hydrogen-bond donors (Lipinski definition) is 0. The van der Waals surface area contributed by atoms with E-state index in [2.05, 4.69) is 205 Å². The summed E-state index contributed by atoms with van der Waals surface area (Å²) in [5, 5.41) is 4.78. The van der Waals surface area contributed by atoms with Crippen molar-refractivity contribution in [3.05, 3.63) is 140 Å². The van der Waals surface area contributed by atoms with Crippen LogP contribution in [0.1, 0.15) is 282 Å². The third-order valence-corrected chi connectivity index (χ3v) is 19.9. The molecule has 0 saturated heterocycles. The van der Waals surface area contributed by atoms with E-state index in [4.69, 9.17) is 19.9 Å². The first-order valence-corrected chi connectivity index (χ1v) is 35.4.